The number of hydrogen-bond acceptors (Lipinski definition) is 6. The molecule has 3 amide bonds. The molecule has 3 aromatic carbocycles. The molecule has 7 N–H and O–H groups in total. The van der Waals surface area contributed by atoms with Gasteiger partial charge in [-0.2, -0.15) is 0 Å². The molecule has 0 bridgehead atoms. The maximum Gasteiger partial charge on any atom is 0.267 e. The highest BCUT2D eigenvalue weighted by molar-refractivity contribution is 5.97. The summed E-state index contributed by atoms with van der Waals surface area (Å²) >= 11 is 0. The topological polar surface area (TPSA) is 146 Å². The van der Waals surface area contributed by atoms with Crippen molar-refractivity contribution < 1.29 is 19.6 Å². The summed E-state index contributed by atoms with van der Waals surface area (Å²) in [6.45, 7) is 4.12. The van der Waals surface area contributed by atoms with Crippen molar-refractivity contribution in [1.82, 2.24) is 16.1 Å². The number of carbonyl (C=O) groups excluding carboxylic acids is 3. The van der Waals surface area contributed by atoms with Crippen molar-refractivity contribution in [2.75, 3.05) is 18.4 Å². The highest BCUT2D eigenvalue weighted by Crippen LogP contribution is 2.25. The van der Waals surface area contributed by atoms with Gasteiger partial charge in [-0.25, -0.2) is 5.48 Å². The Balaban J connectivity index is 1.54. The average Bonchev–Trinajstić information content (AvgIpc) is 2.94. The summed E-state index contributed by atoms with van der Waals surface area (Å²) in [5.41, 5.74) is 11.2. The molecule has 194 valence electrons. The minimum atomic E-state index is -1.03. The smallest absolute Gasteiger partial charge is 0.267 e. The van der Waals surface area contributed by atoms with Crippen LogP contribution in [0.3, 0.4) is 0 Å². The van der Waals surface area contributed by atoms with Gasteiger partial charge in [-0.3, -0.25) is 19.6 Å². The van der Waals surface area contributed by atoms with E-state index in [2.05, 4.69) is 16.0 Å². The van der Waals surface area contributed by atoms with Gasteiger partial charge in [0.2, 0.25) is 5.91 Å². The summed E-state index contributed by atoms with van der Waals surface area (Å²) in [6, 6.07) is 23.7. The molecule has 0 heterocycles. The number of benzene rings is 3. The Morgan fingerprint density at radius 3 is 2.00 bits per heavy atom. The van der Waals surface area contributed by atoms with Gasteiger partial charge in [0.25, 0.3) is 11.8 Å². The second-order valence-electron chi connectivity index (χ2n) is 8.76. The average molecular weight is 504 g/mol. The first kappa shape index (κ1) is 27.5. The molecule has 0 aliphatic rings. The number of anilines is 1. The van der Waals surface area contributed by atoms with Crippen LogP contribution in [-0.2, 0) is 9.59 Å². The molecule has 3 rings (SSSR count). The van der Waals surface area contributed by atoms with E-state index in [0.717, 1.165) is 16.7 Å². The van der Waals surface area contributed by atoms with E-state index in [1.54, 1.807) is 12.1 Å². The number of hydroxylamine groups is 1. The van der Waals surface area contributed by atoms with Gasteiger partial charge in [-0.15, -0.1) is 0 Å². The van der Waals surface area contributed by atoms with Crippen LogP contribution >= 0.6 is 0 Å². The van der Waals surface area contributed by atoms with Crippen LogP contribution in [-0.4, -0.2) is 42.1 Å². The largest absolute Gasteiger partial charge is 0.339 e. The lowest BCUT2D eigenvalue weighted by Crippen LogP contribution is -2.50. The number of hydrogen-bond donors (Lipinski definition) is 6. The Labute approximate surface area is 216 Å². The highest BCUT2D eigenvalue weighted by Gasteiger charge is 2.19. The summed E-state index contributed by atoms with van der Waals surface area (Å²) in [5, 5.41) is 17.4. The van der Waals surface area contributed by atoms with Gasteiger partial charge in [0.05, 0.1) is 6.54 Å². The molecule has 37 heavy (non-hydrogen) atoms. The van der Waals surface area contributed by atoms with Gasteiger partial charge < -0.3 is 21.7 Å². The van der Waals surface area contributed by atoms with Crippen molar-refractivity contribution in [1.29, 1.82) is 0 Å². The van der Waals surface area contributed by atoms with Crippen molar-refractivity contribution in [3.8, 4) is 0 Å². The van der Waals surface area contributed by atoms with E-state index in [1.807, 2.05) is 80.6 Å². The van der Waals surface area contributed by atoms with Gasteiger partial charge in [0.15, 0.2) is 0 Å². The molecule has 3 aromatic rings. The quantitative estimate of drug-likeness (QED) is 0.175. The fourth-order valence-corrected chi connectivity index (χ4v) is 3.83. The molecule has 0 radical (unpaired) electrons. The first-order valence-electron chi connectivity index (χ1n) is 12.0. The second-order valence-corrected chi connectivity index (χ2v) is 8.76. The van der Waals surface area contributed by atoms with Crippen LogP contribution in [0.2, 0.25) is 0 Å². The molecular formula is C28H33N5O4. The van der Waals surface area contributed by atoms with Gasteiger partial charge >= 0.3 is 0 Å². The minimum Gasteiger partial charge on any atom is -0.339 e. The third-order valence-corrected chi connectivity index (χ3v) is 6.20. The van der Waals surface area contributed by atoms with Crippen molar-refractivity contribution in [3.63, 3.8) is 0 Å². The molecule has 0 saturated carbocycles. The molecule has 0 aromatic heterocycles. The van der Waals surface area contributed by atoms with E-state index < -0.39 is 17.9 Å². The van der Waals surface area contributed by atoms with Crippen molar-refractivity contribution in [3.05, 3.63) is 101 Å². The summed E-state index contributed by atoms with van der Waals surface area (Å²) in [6.07, 6.45) is 0. The maximum atomic E-state index is 12.4. The molecule has 3 atom stereocenters. The highest BCUT2D eigenvalue weighted by atomic mass is 16.5. The summed E-state index contributed by atoms with van der Waals surface area (Å²) in [5.74, 6) is -1.32. The van der Waals surface area contributed by atoms with E-state index >= 15 is 0 Å². The van der Waals surface area contributed by atoms with E-state index in [-0.39, 0.29) is 31.0 Å². The van der Waals surface area contributed by atoms with Crippen LogP contribution < -0.4 is 27.2 Å². The fraction of sp³-hybridized carbons (Fsp3) is 0.250. The fourth-order valence-electron chi connectivity index (χ4n) is 3.83. The Bertz CT molecular complexity index is 1180. The minimum absolute atomic E-state index is 0.0483. The third-order valence-electron chi connectivity index (χ3n) is 6.20. The number of rotatable bonds is 11. The number of amides is 3. The van der Waals surface area contributed by atoms with Crippen molar-refractivity contribution in [2.45, 2.75) is 31.8 Å². The lowest BCUT2D eigenvalue weighted by Gasteiger charge is -2.16. The molecular weight excluding hydrogens is 470 g/mol. The van der Waals surface area contributed by atoms with Crippen LogP contribution in [0.5, 0.6) is 0 Å². The van der Waals surface area contributed by atoms with Crippen LogP contribution in [0.1, 0.15) is 52.9 Å². The molecule has 0 aliphatic heterocycles. The second kappa shape index (κ2) is 13.3. The van der Waals surface area contributed by atoms with E-state index in [9.17, 15) is 14.4 Å². The first-order valence-corrected chi connectivity index (χ1v) is 12.0. The molecule has 1 unspecified atom stereocenters. The van der Waals surface area contributed by atoms with E-state index in [0.29, 0.717) is 11.3 Å². The van der Waals surface area contributed by atoms with Gasteiger partial charge in [-0.05, 0) is 47.9 Å². The standard InChI is InChI=1S/C28H33N5O4/c1-18(20-8-10-23(11-9-20)27(35)32-25(16-29)28(36)33-37)21-12-14-24(15-13-21)31-26(34)17-30-19(2)22-6-4-3-5-7-22/h3-15,18-19,25,30,37H,16-17,29H2,1-2H3,(H,31,34)(H,32,35)(H,33,36)/t18?,19-,25+/m1/s1. The Morgan fingerprint density at radius 1 is 0.838 bits per heavy atom. The van der Waals surface area contributed by atoms with E-state index in [1.165, 1.54) is 5.48 Å². The van der Waals surface area contributed by atoms with Crippen molar-refractivity contribution >= 4 is 23.4 Å². The monoisotopic (exact) mass is 503 g/mol. The van der Waals surface area contributed by atoms with E-state index in [4.69, 9.17) is 10.9 Å². The predicted molar refractivity (Wildman–Crippen MR) is 142 cm³/mol. The number of nitrogens with two attached hydrogens (primary N) is 1. The molecule has 0 aliphatic carbocycles. The van der Waals surface area contributed by atoms with Crippen LogP contribution in [0, 0.1) is 0 Å². The SMILES string of the molecule is CC(c1ccc(NC(=O)CN[C@H](C)c2ccccc2)cc1)c1ccc(C(=O)N[C@@H](CN)C(=O)NO)cc1. The van der Waals surface area contributed by atoms with Gasteiger partial charge in [0, 0.05) is 29.8 Å². The van der Waals surface area contributed by atoms with Crippen LogP contribution in [0.4, 0.5) is 5.69 Å². The zero-order valence-corrected chi connectivity index (χ0v) is 20.9. The molecule has 0 saturated heterocycles. The van der Waals surface area contributed by atoms with Gasteiger partial charge in [-0.1, -0.05) is 61.5 Å². The zero-order chi connectivity index (χ0) is 26.8. The summed E-state index contributed by atoms with van der Waals surface area (Å²) in [7, 11) is 0. The summed E-state index contributed by atoms with van der Waals surface area (Å²) < 4.78 is 0. The molecule has 0 spiro atoms. The Kier molecular flexibility index (Phi) is 9.91. The first-order chi connectivity index (χ1) is 17.8. The zero-order valence-electron chi connectivity index (χ0n) is 20.9. The Hall–Kier alpha value is -4.05. The van der Waals surface area contributed by atoms with Crippen molar-refractivity contribution in [2.24, 2.45) is 5.73 Å². The predicted octanol–water partition coefficient (Wildman–Crippen LogP) is 2.69. The summed E-state index contributed by atoms with van der Waals surface area (Å²) in [4.78, 5) is 36.3. The molecule has 0 fully saturated rings. The van der Waals surface area contributed by atoms with Crippen LogP contribution in [0.25, 0.3) is 0 Å². The third kappa shape index (κ3) is 7.71. The lowest BCUT2D eigenvalue weighted by molar-refractivity contribution is -0.130. The van der Waals surface area contributed by atoms with Crippen LogP contribution in [0.15, 0.2) is 78.9 Å². The normalized spacial score (nSPS) is 13.2. The lowest BCUT2D eigenvalue weighted by atomic mass is 9.92. The number of carbonyl (C=O) groups is 3. The number of nitrogens with one attached hydrogen (secondary N) is 4. The molecule has 9 heteroatoms. The van der Waals surface area contributed by atoms with Gasteiger partial charge in [0.1, 0.15) is 6.04 Å². The maximum absolute atomic E-state index is 12.4. The Morgan fingerprint density at radius 2 is 1.43 bits per heavy atom. The molecule has 9 nitrogen and oxygen atoms in total.